The molecule has 0 unspecified atom stereocenters. The Kier molecular flexibility index (Phi) is 3.78. The first-order valence-electron chi connectivity index (χ1n) is 3.48. The van der Waals surface area contributed by atoms with Crippen molar-refractivity contribution < 1.29 is 4.11 Å². The van der Waals surface area contributed by atoms with E-state index in [0.717, 1.165) is 12.1 Å². The maximum Gasteiger partial charge on any atom is 0.250 e. The fourth-order valence-electron chi connectivity index (χ4n) is 0.797. The lowest BCUT2D eigenvalue weighted by Crippen LogP contribution is -2.24. The van der Waals surface area contributed by atoms with Crippen LogP contribution in [0, 0.1) is 0 Å². The van der Waals surface area contributed by atoms with Crippen LogP contribution in [-0.4, -0.2) is 8.41 Å². The minimum atomic E-state index is -2.32. The van der Waals surface area contributed by atoms with E-state index in [4.69, 9.17) is 0 Å². The van der Waals surface area contributed by atoms with Crippen LogP contribution in [0.1, 0.15) is 13.8 Å². The van der Waals surface area contributed by atoms with Gasteiger partial charge in [-0.3, -0.25) is 0 Å². The third-order valence-corrected chi connectivity index (χ3v) is 5.33. The van der Waals surface area contributed by atoms with E-state index in [0.29, 0.717) is 6.04 Å². The molecule has 54 valence electrons. The smallest absolute Gasteiger partial charge is 0.250 e. The molecule has 9 heavy (non-hydrogen) atoms. The minimum Gasteiger partial charge on any atom is -0.314 e. The first-order chi connectivity index (χ1) is 4.18. The summed E-state index contributed by atoms with van der Waals surface area (Å²) in [7, 11) is -2.32. The third-order valence-electron chi connectivity index (χ3n) is 1.78. The molecule has 0 aromatic carbocycles. The summed E-state index contributed by atoms with van der Waals surface area (Å²) in [4.78, 5) is 0. The lowest BCUT2D eigenvalue weighted by Gasteiger charge is -2.15. The van der Waals surface area contributed by atoms with Crippen LogP contribution in [0.3, 0.4) is 0 Å². The standard InChI is InChI=1S/C7H15FSi/c1-4-7-9(8,5-2)6-3/h4H,1,5-7H2,2-3H3. The van der Waals surface area contributed by atoms with Gasteiger partial charge >= 0.3 is 0 Å². The highest BCUT2D eigenvalue weighted by atomic mass is 28.4. The summed E-state index contributed by atoms with van der Waals surface area (Å²) >= 11 is 0. The first-order valence-corrected chi connectivity index (χ1v) is 5.98. The molecule has 0 radical (unpaired) electrons. The van der Waals surface area contributed by atoms with Gasteiger partial charge in [0, 0.05) is 0 Å². The second kappa shape index (κ2) is 3.83. The normalized spacial score (nSPS) is 11.4. The van der Waals surface area contributed by atoms with Gasteiger partial charge in [0.05, 0.1) is 0 Å². The second-order valence-corrected chi connectivity index (χ2v) is 6.48. The van der Waals surface area contributed by atoms with Gasteiger partial charge in [0.25, 0.3) is 0 Å². The largest absolute Gasteiger partial charge is 0.314 e. The van der Waals surface area contributed by atoms with Crippen molar-refractivity contribution in [1.82, 2.24) is 0 Å². The van der Waals surface area contributed by atoms with Gasteiger partial charge in [-0.05, 0) is 18.1 Å². The zero-order valence-electron chi connectivity index (χ0n) is 6.28. The molecule has 0 nitrogen and oxygen atoms in total. The van der Waals surface area contributed by atoms with Crippen LogP contribution in [0.2, 0.25) is 18.1 Å². The van der Waals surface area contributed by atoms with Gasteiger partial charge in [0.1, 0.15) is 0 Å². The Hall–Kier alpha value is -0.113. The molecule has 0 atom stereocenters. The van der Waals surface area contributed by atoms with Crippen molar-refractivity contribution in [1.29, 1.82) is 0 Å². The fourth-order valence-corrected chi connectivity index (χ4v) is 2.39. The number of halogens is 1. The summed E-state index contributed by atoms with van der Waals surface area (Å²) < 4.78 is 13.3. The highest BCUT2D eigenvalue weighted by molar-refractivity contribution is 6.73. The average Bonchev–Trinajstić information content (AvgIpc) is 1.89. The quantitative estimate of drug-likeness (QED) is 0.325. The zero-order valence-corrected chi connectivity index (χ0v) is 7.28. The average molecular weight is 146 g/mol. The van der Waals surface area contributed by atoms with E-state index >= 15 is 0 Å². The van der Waals surface area contributed by atoms with Crippen molar-refractivity contribution >= 4 is 8.41 Å². The molecule has 0 spiro atoms. The molecule has 2 heteroatoms. The van der Waals surface area contributed by atoms with Crippen molar-refractivity contribution in [3.8, 4) is 0 Å². The number of rotatable bonds is 4. The van der Waals surface area contributed by atoms with E-state index in [9.17, 15) is 4.11 Å². The SMILES string of the molecule is C=CC[Si](F)(CC)CC. The van der Waals surface area contributed by atoms with Gasteiger partial charge in [-0.25, -0.2) is 0 Å². The minimum absolute atomic E-state index is 0.625. The molecule has 0 fully saturated rings. The van der Waals surface area contributed by atoms with Gasteiger partial charge in [0.2, 0.25) is 8.41 Å². The third kappa shape index (κ3) is 2.80. The molecule has 0 aliphatic heterocycles. The van der Waals surface area contributed by atoms with Crippen LogP contribution in [-0.2, 0) is 0 Å². The number of hydrogen-bond donors (Lipinski definition) is 0. The molecule has 0 amide bonds. The lowest BCUT2D eigenvalue weighted by atomic mass is 10.8. The summed E-state index contributed by atoms with van der Waals surface area (Å²) in [6.45, 7) is 7.40. The number of allylic oxidation sites excluding steroid dienone is 1. The molecule has 0 aromatic rings. The van der Waals surface area contributed by atoms with Crippen molar-refractivity contribution in [2.45, 2.75) is 32.0 Å². The Bertz CT molecular complexity index is 86.9. The Labute approximate surface area is 58.0 Å². The van der Waals surface area contributed by atoms with Gasteiger partial charge in [-0.2, -0.15) is 0 Å². The predicted molar refractivity (Wildman–Crippen MR) is 42.8 cm³/mol. The second-order valence-electron chi connectivity index (χ2n) is 2.35. The van der Waals surface area contributed by atoms with Crippen LogP contribution in [0.5, 0.6) is 0 Å². The van der Waals surface area contributed by atoms with Crippen molar-refractivity contribution in [2.24, 2.45) is 0 Å². The summed E-state index contributed by atoms with van der Waals surface area (Å²) in [5.74, 6) is 0. The molecule has 0 rings (SSSR count). The Balaban J connectivity index is 3.75. The molecule has 0 bridgehead atoms. The molecule has 0 aliphatic rings. The Morgan fingerprint density at radius 3 is 2.00 bits per heavy atom. The maximum absolute atomic E-state index is 13.3. The van der Waals surface area contributed by atoms with Crippen LogP contribution in [0.4, 0.5) is 4.11 Å². The Morgan fingerprint density at radius 2 is 1.89 bits per heavy atom. The summed E-state index contributed by atoms with van der Waals surface area (Å²) in [5, 5.41) is 0. The van der Waals surface area contributed by atoms with Crippen LogP contribution in [0.25, 0.3) is 0 Å². The monoisotopic (exact) mass is 146 g/mol. The van der Waals surface area contributed by atoms with Crippen LogP contribution in [0.15, 0.2) is 12.7 Å². The van der Waals surface area contributed by atoms with Crippen LogP contribution >= 0.6 is 0 Å². The van der Waals surface area contributed by atoms with E-state index in [-0.39, 0.29) is 0 Å². The van der Waals surface area contributed by atoms with E-state index in [1.54, 1.807) is 6.08 Å². The summed E-state index contributed by atoms with van der Waals surface area (Å²) in [5.41, 5.74) is 0. The molecule has 0 heterocycles. The van der Waals surface area contributed by atoms with Crippen molar-refractivity contribution in [3.63, 3.8) is 0 Å². The first kappa shape index (κ1) is 8.89. The predicted octanol–water partition coefficient (Wildman–Crippen LogP) is 3.13. The van der Waals surface area contributed by atoms with Gasteiger partial charge < -0.3 is 4.11 Å². The van der Waals surface area contributed by atoms with Gasteiger partial charge in [0.15, 0.2) is 0 Å². The molecule has 0 saturated carbocycles. The van der Waals surface area contributed by atoms with E-state index < -0.39 is 8.41 Å². The van der Waals surface area contributed by atoms with E-state index in [2.05, 4.69) is 6.58 Å². The number of hydrogen-bond acceptors (Lipinski definition) is 0. The molecule has 0 saturated heterocycles. The molecular formula is C7H15FSi. The van der Waals surface area contributed by atoms with E-state index in [1.165, 1.54) is 0 Å². The van der Waals surface area contributed by atoms with Gasteiger partial charge in [-0.15, -0.1) is 6.58 Å². The molecule has 0 aromatic heterocycles. The highest BCUT2D eigenvalue weighted by Crippen LogP contribution is 2.21. The highest BCUT2D eigenvalue weighted by Gasteiger charge is 2.27. The maximum atomic E-state index is 13.3. The summed E-state index contributed by atoms with van der Waals surface area (Å²) in [6.07, 6.45) is 1.71. The van der Waals surface area contributed by atoms with E-state index in [1.807, 2.05) is 13.8 Å². The lowest BCUT2D eigenvalue weighted by molar-refractivity contribution is 0.761. The molecular weight excluding hydrogens is 131 g/mol. The Morgan fingerprint density at radius 1 is 1.44 bits per heavy atom. The van der Waals surface area contributed by atoms with Gasteiger partial charge in [-0.1, -0.05) is 19.9 Å². The van der Waals surface area contributed by atoms with Crippen molar-refractivity contribution in [3.05, 3.63) is 12.7 Å². The van der Waals surface area contributed by atoms with Crippen molar-refractivity contribution in [2.75, 3.05) is 0 Å². The van der Waals surface area contributed by atoms with Crippen LogP contribution < -0.4 is 0 Å². The molecule has 0 N–H and O–H groups in total. The molecule has 0 aliphatic carbocycles. The topological polar surface area (TPSA) is 0 Å². The zero-order chi connectivity index (χ0) is 7.33. The summed E-state index contributed by atoms with van der Waals surface area (Å²) in [6, 6.07) is 2.09. The fraction of sp³-hybridized carbons (Fsp3) is 0.714.